The van der Waals surface area contributed by atoms with Crippen LogP contribution in [0.3, 0.4) is 0 Å². The minimum atomic E-state index is 0.602. The summed E-state index contributed by atoms with van der Waals surface area (Å²) in [5, 5.41) is 7.08. The summed E-state index contributed by atoms with van der Waals surface area (Å²) in [7, 11) is 3.33. The lowest BCUT2D eigenvalue weighted by Crippen LogP contribution is -2.16. The minimum absolute atomic E-state index is 0.602. The van der Waals surface area contributed by atoms with Crippen LogP contribution in [0.15, 0.2) is 45.8 Å². The number of benzene rings is 1. The van der Waals surface area contributed by atoms with Gasteiger partial charge in [-0.25, -0.2) is 4.68 Å². The number of ether oxygens (including phenoxy) is 2. The van der Waals surface area contributed by atoms with Crippen LogP contribution >= 0.6 is 11.3 Å². The highest BCUT2D eigenvalue weighted by Gasteiger charge is 2.15. The molecule has 1 aromatic carbocycles. The molecule has 2 aromatic rings. The van der Waals surface area contributed by atoms with Crippen LogP contribution < -0.4 is 14.3 Å². The number of methoxy groups -OCH3 is 2. The van der Waals surface area contributed by atoms with Crippen LogP contribution in [-0.2, 0) is 0 Å². The summed E-state index contributed by atoms with van der Waals surface area (Å²) in [5.41, 5.74) is 4.23. The topological polar surface area (TPSA) is 48.1 Å². The van der Waals surface area contributed by atoms with Gasteiger partial charge < -0.3 is 9.47 Å². The molecule has 0 radical (unpaired) electrons. The van der Waals surface area contributed by atoms with E-state index < -0.39 is 0 Å². The van der Waals surface area contributed by atoms with Gasteiger partial charge in [0.15, 0.2) is 0 Å². The van der Waals surface area contributed by atoms with E-state index in [1.165, 1.54) is 25.0 Å². The Bertz CT molecular complexity index is 900. The van der Waals surface area contributed by atoms with Crippen LogP contribution in [0.4, 0.5) is 0 Å². The Balaban J connectivity index is 2.13. The Morgan fingerprint density at radius 1 is 1.19 bits per heavy atom. The predicted octanol–water partition coefficient (Wildman–Crippen LogP) is 4.88. The first-order valence-corrected chi connectivity index (χ1v) is 10.1. The Morgan fingerprint density at radius 3 is 2.63 bits per heavy atom. The highest BCUT2D eigenvalue weighted by atomic mass is 32.1. The molecule has 0 atom stereocenters. The van der Waals surface area contributed by atoms with Crippen molar-refractivity contribution in [3.05, 3.63) is 40.5 Å². The summed E-state index contributed by atoms with van der Waals surface area (Å²) in [6.45, 7) is 6.55. The van der Waals surface area contributed by atoms with Crippen molar-refractivity contribution in [1.29, 1.82) is 0 Å². The van der Waals surface area contributed by atoms with E-state index in [1.807, 2.05) is 29.8 Å². The maximum atomic E-state index is 5.61. The molecular weight excluding hydrogens is 358 g/mol. The summed E-state index contributed by atoms with van der Waals surface area (Å²) >= 11 is 1.59. The lowest BCUT2D eigenvalue weighted by molar-refractivity contribution is 0.395. The zero-order valence-electron chi connectivity index (χ0n) is 16.3. The van der Waals surface area contributed by atoms with Gasteiger partial charge in [0, 0.05) is 22.7 Å². The van der Waals surface area contributed by atoms with E-state index in [0.717, 1.165) is 46.0 Å². The summed E-state index contributed by atoms with van der Waals surface area (Å²) in [6.07, 6.45) is 5.83. The average Bonchev–Trinajstić information content (AvgIpc) is 3.08. The third-order valence-electron chi connectivity index (χ3n) is 4.53. The number of aromatic nitrogens is 1. The largest absolute Gasteiger partial charge is 0.497 e. The molecule has 1 aromatic heterocycles. The molecule has 1 aliphatic carbocycles. The van der Waals surface area contributed by atoms with Crippen molar-refractivity contribution in [3.63, 3.8) is 0 Å². The van der Waals surface area contributed by atoms with E-state index in [2.05, 4.69) is 12.0 Å². The normalized spacial score (nSPS) is 14.9. The van der Waals surface area contributed by atoms with Gasteiger partial charge in [0.05, 0.1) is 26.5 Å². The molecule has 0 bridgehead atoms. The van der Waals surface area contributed by atoms with Gasteiger partial charge in [0.1, 0.15) is 11.5 Å². The monoisotopic (exact) mass is 385 g/mol. The van der Waals surface area contributed by atoms with Crippen LogP contribution in [0.5, 0.6) is 11.5 Å². The first-order valence-electron chi connectivity index (χ1n) is 9.27. The quantitative estimate of drug-likeness (QED) is 0.666. The summed E-state index contributed by atoms with van der Waals surface area (Å²) in [4.78, 5) is 5.59. The van der Waals surface area contributed by atoms with Gasteiger partial charge in [0.25, 0.3) is 0 Å². The second-order valence-corrected chi connectivity index (χ2v) is 7.62. The van der Waals surface area contributed by atoms with Gasteiger partial charge in [-0.1, -0.05) is 18.6 Å². The second-order valence-electron chi connectivity index (χ2n) is 6.78. The molecule has 1 fully saturated rings. The smallest absolute Gasteiger partial charge is 0.206 e. The second kappa shape index (κ2) is 9.04. The zero-order chi connectivity index (χ0) is 19.2. The Morgan fingerprint density at radius 2 is 1.96 bits per heavy atom. The molecule has 0 aliphatic heterocycles. The van der Waals surface area contributed by atoms with Crippen LogP contribution in [0.1, 0.15) is 39.0 Å². The van der Waals surface area contributed by atoms with E-state index in [0.29, 0.717) is 6.54 Å². The van der Waals surface area contributed by atoms with Crippen molar-refractivity contribution >= 4 is 17.0 Å². The molecule has 0 N–H and O–H groups in total. The number of hydrogen-bond acceptors (Lipinski definition) is 5. The van der Waals surface area contributed by atoms with E-state index in [1.54, 1.807) is 25.6 Å². The van der Waals surface area contributed by atoms with Crippen LogP contribution in [0.25, 0.3) is 11.3 Å². The summed E-state index contributed by atoms with van der Waals surface area (Å²) in [6, 6.07) is 5.86. The Labute approximate surface area is 164 Å². The average molecular weight is 386 g/mol. The van der Waals surface area contributed by atoms with Crippen molar-refractivity contribution in [3.8, 4) is 22.8 Å². The first kappa shape index (κ1) is 19.4. The van der Waals surface area contributed by atoms with Gasteiger partial charge in [-0.05, 0) is 44.7 Å². The van der Waals surface area contributed by atoms with Crippen LogP contribution in [0, 0.1) is 0 Å². The standard InChI is InChI=1S/C21H27N3O2S/c1-15(2)13-22-21-24(23-16-8-6-5-7-9-16)19(14-27-21)18-11-10-17(25-3)12-20(18)26-4/h10-12,14H,1,5-9,13H2,2-4H3. The molecular formula is C21H27N3O2S. The van der Waals surface area contributed by atoms with Gasteiger partial charge in [-0.3, -0.25) is 4.99 Å². The Kier molecular flexibility index (Phi) is 6.50. The molecule has 0 amide bonds. The highest BCUT2D eigenvalue weighted by Crippen LogP contribution is 2.33. The van der Waals surface area contributed by atoms with Gasteiger partial charge in [-0.2, -0.15) is 5.10 Å². The molecule has 1 aliphatic rings. The van der Waals surface area contributed by atoms with Gasteiger partial charge in [-0.15, -0.1) is 11.3 Å². The third kappa shape index (κ3) is 4.69. The third-order valence-corrected chi connectivity index (χ3v) is 5.38. The van der Waals surface area contributed by atoms with Crippen molar-refractivity contribution in [2.45, 2.75) is 39.0 Å². The molecule has 27 heavy (non-hydrogen) atoms. The van der Waals surface area contributed by atoms with Crippen molar-refractivity contribution in [2.75, 3.05) is 20.8 Å². The van der Waals surface area contributed by atoms with E-state index in [9.17, 15) is 0 Å². The fourth-order valence-electron chi connectivity index (χ4n) is 3.10. The van der Waals surface area contributed by atoms with Crippen molar-refractivity contribution in [1.82, 2.24) is 4.68 Å². The molecule has 0 unspecified atom stereocenters. The molecule has 6 heteroatoms. The fraction of sp³-hybridized carbons (Fsp3) is 0.429. The zero-order valence-corrected chi connectivity index (χ0v) is 17.1. The summed E-state index contributed by atoms with van der Waals surface area (Å²) < 4.78 is 12.9. The fourth-order valence-corrected chi connectivity index (χ4v) is 3.93. The molecule has 3 rings (SSSR count). The lowest BCUT2D eigenvalue weighted by atomic mass is 9.99. The van der Waals surface area contributed by atoms with Crippen LogP contribution in [-0.4, -0.2) is 31.2 Å². The van der Waals surface area contributed by atoms with Crippen LogP contribution in [0.2, 0.25) is 0 Å². The van der Waals surface area contributed by atoms with E-state index in [4.69, 9.17) is 19.6 Å². The molecule has 0 spiro atoms. The molecule has 1 heterocycles. The Hall–Kier alpha value is -2.34. The van der Waals surface area contributed by atoms with Gasteiger partial charge in [0.2, 0.25) is 4.80 Å². The molecule has 144 valence electrons. The molecule has 5 nitrogen and oxygen atoms in total. The van der Waals surface area contributed by atoms with Crippen molar-refractivity contribution in [2.24, 2.45) is 10.1 Å². The maximum absolute atomic E-state index is 5.61. The number of hydrogen-bond donors (Lipinski definition) is 0. The maximum Gasteiger partial charge on any atom is 0.206 e. The van der Waals surface area contributed by atoms with E-state index in [-0.39, 0.29) is 0 Å². The first-order chi connectivity index (χ1) is 13.1. The number of nitrogens with zero attached hydrogens (tertiary/aromatic N) is 3. The lowest BCUT2D eigenvalue weighted by Gasteiger charge is -2.14. The number of rotatable bonds is 6. The molecule has 0 saturated heterocycles. The SMILES string of the molecule is C=C(C)CN=c1scc(-c2ccc(OC)cc2OC)n1N=C1CCCCC1. The highest BCUT2D eigenvalue weighted by molar-refractivity contribution is 7.07. The van der Waals surface area contributed by atoms with Gasteiger partial charge >= 0.3 is 0 Å². The van der Waals surface area contributed by atoms with E-state index >= 15 is 0 Å². The minimum Gasteiger partial charge on any atom is -0.497 e. The molecule has 1 saturated carbocycles. The number of thiazole rings is 1. The summed E-state index contributed by atoms with van der Waals surface area (Å²) in [5.74, 6) is 1.53. The predicted molar refractivity (Wildman–Crippen MR) is 112 cm³/mol. The van der Waals surface area contributed by atoms with Crippen molar-refractivity contribution < 1.29 is 9.47 Å².